The van der Waals surface area contributed by atoms with Crippen molar-refractivity contribution in [3.05, 3.63) is 0 Å². The van der Waals surface area contributed by atoms with Gasteiger partial charge in [0.25, 0.3) is 0 Å². The second-order valence-electron chi connectivity index (χ2n) is 13.8. The average Bonchev–Trinajstić information content (AvgIpc) is 3.05. The van der Waals surface area contributed by atoms with Crippen LogP contribution in [0.3, 0.4) is 0 Å². The number of carboxylic acids is 1. The molecule has 2 saturated carbocycles. The molecule has 0 spiro atoms. The Balaban J connectivity index is 1.36. The molecule has 5 aliphatic rings. The summed E-state index contributed by atoms with van der Waals surface area (Å²) in [7, 11) is 0. The van der Waals surface area contributed by atoms with Gasteiger partial charge < -0.3 is 84.6 Å². The fourth-order valence-corrected chi connectivity index (χ4v) is 7.58. The molecular weight excluding hydrogens is 680 g/mol. The van der Waals surface area contributed by atoms with Crippen LogP contribution in [0.25, 0.3) is 0 Å². The van der Waals surface area contributed by atoms with E-state index >= 15 is 0 Å². The summed E-state index contributed by atoms with van der Waals surface area (Å²) in [6, 6.07) is 0. The van der Waals surface area contributed by atoms with Gasteiger partial charge in [-0.05, 0) is 25.7 Å². The number of carboxylic acid groups (broad SMARTS) is 1. The quantitative estimate of drug-likeness (QED) is 0.0598. The lowest BCUT2D eigenvalue weighted by Gasteiger charge is -2.48. The molecule has 19 unspecified atom stereocenters. The molecule has 3 saturated heterocycles. The lowest BCUT2D eigenvalue weighted by Crippen LogP contribution is -2.65. The van der Waals surface area contributed by atoms with E-state index in [-0.39, 0.29) is 38.0 Å². The molecule has 5 fully saturated rings. The molecule has 286 valence electrons. The van der Waals surface area contributed by atoms with Crippen molar-refractivity contribution in [2.24, 2.45) is 11.8 Å². The number of hydrogen-bond acceptors (Lipinski definition) is 18. The van der Waals surface area contributed by atoms with Gasteiger partial charge in [-0.15, -0.1) is 0 Å². The van der Waals surface area contributed by atoms with E-state index < -0.39 is 141 Å². The Labute approximate surface area is 284 Å². The molecular formula is C30H47O20+. The second kappa shape index (κ2) is 16.3. The van der Waals surface area contributed by atoms with E-state index in [1.807, 2.05) is 0 Å². The van der Waals surface area contributed by atoms with Crippen LogP contribution in [0.4, 0.5) is 0 Å². The van der Waals surface area contributed by atoms with Gasteiger partial charge in [0.2, 0.25) is 0 Å². The maximum Gasteiger partial charge on any atom is 0.338 e. The van der Waals surface area contributed by atoms with E-state index in [2.05, 4.69) is 0 Å². The van der Waals surface area contributed by atoms with E-state index in [0.29, 0.717) is 6.42 Å². The topological polar surface area (TPSA) is 333 Å². The molecule has 0 bridgehead atoms. The Morgan fingerprint density at radius 3 is 2.14 bits per heavy atom. The minimum atomic E-state index is -2.12. The molecule has 0 amide bonds. The van der Waals surface area contributed by atoms with E-state index in [1.54, 1.807) is 0 Å². The number of hydrogen-bond donors (Lipinski definition) is 11. The molecule has 0 aromatic carbocycles. The third kappa shape index (κ3) is 8.55. The molecule has 3 heterocycles. The predicted molar refractivity (Wildman–Crippen MR) is 156 cm³/mol. The smallest absolute Gasteiger partial charge is 0.338 e. The normalized spacial score (nSPS) is 48.2. The second-order valence-corrected chi connectivity index (χ2v) is 13.8. The third-order valence-electron chi connectivity index (χ3n) is 10.3. The molecule has 5 rings (SSSR count). The Kier molecular flexibility index (Phi) is 12.7. The minimum Gasteiger partial charge on any atom is -0.481 e. The summed E-state index contributed by atoms with van der Waals surface area (Å²) in [5.74, 6) is -5.07. The molecule has 50 heavy (non-hydrogen) atoms. The number of fused-ring (bicyclic) bond motifs is 1. The van der Waals surface area contributed by atoms with Crippen LogP contribution >= 0.6 is 0 Å². The Hall–Kier alpha value is -2.15. The van der Waals surface area contributed by atoms with Gasteiger partial charge in [-0.25, -0.2) is 4.79 Å². The van der Waals surface area contributed by atoms with Crippen LogP contribution < -0.4 is 0 Å². The SMILES string of the molecule is O=C(O)CC(=O)OCC1OC(OC2CC3C(O)CC(O)CC3[OH+]C2C2CCC(O)C(O)C2)C(O)C(O)C1OC(=O)C1OC(O)C(O)C(O)C1O. The highest BCUT2D eigenvalue weighted by atomic mass is 16.7. The van der Waals surface area contributed by atoms with Gasteiger partial charge in [0.15, 0.2) is 37.0 Å². The Morgan fingerprint density at radius 2 is 1.46 bits per heavy atom. The maximum atomic E-state index is 13.0. The summed E-state index contributed by atoms with van der Waals surface area (Å²) >= 11 is 0. The van der Waals surface area contributed by atoms with Gasteiger partial charge in [-0.3, -0.25) is 9.59 Å². The van der Waals surface area contributed by atoms with Crippen LogP contribution in [-0.4, -0.2) is 190 Å². The Bertz CT molecular complexity index is 1190. The van der Waals surface area contributed by atoms with Crippen LogP contribution in [0.15, 0.2) is 0 Å². The van der Waals surface area contributed by atoms with Crippen LogP contribution in [0.5, 0.6) is 0 Å². The van der Waals surface area contributed by atoms with Crippen LogP contribution in [0, 0.1) is 11.8 Å². The van der Waals surface area contributed by atoms with E-state index in [4.69, 9.17) is 33.5 Å². The highest BCUT2D eigenvalue weighted by Gasteiger charge is 2.56. The molecule has 20 heteroatoms. The molecule has 19 atom stereocenters. The van der Waals surface area contributed by atoms with Gasteiger partial charge in [0, 0.05) is 18.8 Å². The lowest BCUT2D eigenvalue weighted by atomic mass is 9.72. The molecule has 12 N–H and O–H groups in total. The number of aliphatic hydroxyl groups excluding tert-OH is 10. The van der Waals surface area contributed by atoms with Crippen molar-refractivity contribution in [3.63, 3.8) is 0 Å². The maximum absolute atomic E-state index is 13.0. The van der Waals surface area contributed by atoms with E-state index in [9.17, 15) is 65.4 Å². The van der Waals surface area contributed by atoms with Gasteiger partial charge >= 0.3 is 17.9 Å². The van der Waals surface area contributed by atoms with Crippen molar-refractivity contribution in [3.8, 4) is 0 Å². The molecule has 0 radical (unpaired) electrons. The summed E-state index contributed by atoms with van der Waals surface area (Å²) < 4.78 is 32.1. The number of esters is 2. The number of carbonyl (C=O) groups is 3. The van der Waals surface area contributed by atoms with Crippen molar-refractivity contribution in [1.82, 2.24) is 0 Å². The van der Waals surface area contributed by atoms with Crippen molar-refractivity contribution < 1.29 is 99.0 Å². The summed E-state index contributed by atoms with van der Waals surface area (Å²) in [4.78, 5) is 36.1. The fraction of sp³-hybridized carbons (Fsp3) is 0.900. The number of rotatable bonds is 9. The lowest BCUT2D eigenvalue weighted by molar-refractivity contribution is -0.357. The number of carbonyl (C=O) groups excluding carboxylic acids is 2. The number of ether oxygens (including phenoxy) is 6. The first-order valence-corrected chi connectivity index (χ1v) is 16.6. The molecule has 2 aliphatic carbocycles. The zero-order chi connectivity index (χ0) is 36.6. The largest absolute Gasteiger partial charge is 0.481 e. The van der Waals surface area contributed by atoms with Crippen LogP contribution in [0.1, 0.15) is 44.9 Å². The number of aliphatic carboxylic acids is 1. The van der Waals surface area contributed by atoms with Gasteiger partial charge in [0.05, 0.1) is 30.3 Å². The summed E-state index contributed by atoms with van der Waals surface area (Å²) in [5.41, 5.74) is 0. The van der Waals surface area contributed by atoms with Gasteiger partial charge in [-0.1, -0.05) is 0 Å². The first kappa shape index (κ1) is 39.1. The monoisotopic (exact) mass is 727 g/mol. The minimum absolute atomic E-state index is 0.0902. The van der Waals surface area contributed by atoms with Crippen molar-refractivity contribution in [1.29, 1.82) is 0 Å². The first-order chi connectivity index (χ1) is 23.5. The standard InChI is InChI=1S/C30H46O20/c31-10-4-13(33)11-6-16(25(46-15(11)5-10)9-1-2-12(32)14(34)3-9)47-30-24(42)22(40)26(17(48-30)8-45-19(37)7-18(35)36)49-29(44)27-21(39)20(38)23(41)28(43)50-27/h9-17,20-28,30-34,38-43H,1-8H2,(H,35,36)/p+1. The highest BCUT2D eigenvalue weighted by Crippen LogP contribution is 2.42. The molecule has 3 aliphatic heterocycles. The fourth-order valence-electron chi connectivity index (χ4n) is 7.58. The third-order valence-corrected chi connectivity index (χ3v) is 10.3. The average molecular weight is 728 g/mol. The van der Waals surface area contributed by atoms with Crippen LogP contribution in [-0.2, 0) is 38.1 Å². The zero-order valence-corrected chi connectivity index (χ0v) is 26.8. The molecule has 0 aromatic rings. The summed E-state index contributed by atoms with van der Waals surface area (Å²) in [5, 5.41) is 113. The zero-order valence-electron chi connectivity index (χ0n) is 26.8. The summed E-state index contributed by atoms with van der Waals surface area (Å²) in [6.07, 6.45) is -25.2. The number of aliphatic hydroxyl groups is 12. The van der Waals surface area contributed by atoms with E-state index in [0.717, 1.165) is 0 Å². The van der Waals surface area contributed by atoms with Crippen LogP contribution in [0.2, 0.25) is 0 Å². The summed E-state index contributed by atoms with van der Waals surface area (Å²) in [6.45, 7) is -0.849. The predicted octanol–water partition coefficient (Wildman–Crippen LogP) is -6.13. The van der Waals surface area contributed by atoms with Crippen molar-refractivity contribution in [2.45, 2.75) is 149 Å². The van der Waals surface area contributed by atoms with Crippen molar-refractivity contribution >= 4 is 17.9 Å². The van der Waals surface area contributed by atoms with E-state index in [1.165, 1.54) is 0 Å². The highest BCUT2D eigenvalue weighted by molar-refractivity contribution is 5.90. The van der Waals surface area contributed by atoms with Gasteiger partial charge in [0.1, 0.15) is 55.8 Å². The first-order valence-electron chi connectivity index (χ1n) is 16.6. The molecule has 20 nitrogen and oxygen atoms in total. The molecule has 0 aromatic heterocycles. The van der Waals surface area contributed by atoms with Gasteiger partial charge in [-0.2, -0.15) is 0 Å². The Morgan fingerprint density at radius 1 is 0.740 bits per heavy atom. The van der Waals surface area contributed by atoms with Crippen molar-refractivity contribution in [2.75, 3.05) is 6.61 Å².